The third kappa shape index (κ3) is 3.36. The molecular weight excluding hydrogens is 369 g/mol. The number of hydrogen-bond donors (Lipinski definition) is 0. The van der Waals surface area contributed by atoms with Crippen LogP contribution in [0.5, 0.6) is 0 Å². The average molecular weight is 380 g/mol. The zero-order valence-electron chi connectivity index (χ0n) is 12.4. The van der Waals surface area contributed by atoms with Crippen molar-refractivity contribution < 1.29 is 4.92 Å². The Bertz CT molecular complexity index is 995. The number of aromatic nitrogens is 1. The molecule has 0 N–H and O–H groups in total. The standard InChI is InChI=1S/C16H11Cl2N3O2S/c1-20-15(13-6-5-10(17)7-14(13)18)9-24-16(20)19-11-3-2-4-12(8-11)21(22)23/h2-9H,1H3. The summed E-state index contributed by atoms with van der Waals surface area (Å²) in [5.41, 5.74) is 2.28. The van der Waals surface area contributed by atoms with Crippen molar-refractivity contribution in [2.24, 2.45) is 12.0 Å². The molecule has 0 aliphatic heterocycles. The quantitative estimate of drug-likeness (QED) is 0.463. The second-order valence-electron chi connectivity index (χ2n) is 4.98. The average Bonchev–Trinajstić information content (AvgIpc) is 2.89. The highest BCUT2D eigenvalue weighted by atomic mass is 35.5. The van der Waals surface area contributed by atoms with Gasteiger partial charge < -0.3 is 4.57 Å². The van der Waals surface area contributed by atoms with Crippen LogP contribution in [0.15, 0.2) is 52.8 Å². The Morgan fingerprint density at radius 2 is 2.00 bits per heavy atom. The zero-order chi connectivity index (χ0) is 17.3. The largest absolute Gasteiger partial charge is 0.319 e. The van der Waals surface area contributed by atoms with Crippen molar-refractivity contribution in [1.82, 2.24) is 4.57 Å². The van der Waals surface area contributed by atoms with E-state index in [-0.39, 0.29) is 5.69 Å². The summed E-state index contributed by atoms with van der Waals surface area (Å²) in [7, 11) is 1.87. The van der Waals surface area contributed by atoms with Gasteiger partial charge in [0.05, 0.1) is 21.3 Å². The SMILES string of the molecule is Cn1c(-c2ccc(Cl)cc2Cl)csc1=Nc1cccc([N+](=O)[O-])c1. The molecule has 0 saturated carbocycles. The molecule has 0 radical (unpaired) electrons. The molecule has 3 rings (SSSR count). The molecule has 122 valence electrons. The molecule has 0 aliphatic rings. The number of rotatable bonds is 3. The van der Waals surface area contributed by atoms with E-state index in [4.69, 9.17) is 23.2 Å². The van der Waals surface area contributed by atoms with Crippen molar-refractivity contribution in [3.05, 3.63) is 72.8 Å². The monoisotopic (exact) mass is 379 g/mol. The first-order chi connectivity index (χ1) is 11.5. The van der Waals surface area contributed by atoms with E-state index in [1.165, 1.54) is 23.5 Å². The Kier molecular flexibility index (Phi) is 4.71. The molecule has 0 saturated heterocycles. The molecule has 1 heterocycles. The topological polar surface area (TPSA) is 60.4 Å². The van der Waals surface area contributed by atoms with Crippen molar-refractivity contribution in [1.29, 1.82) is 0 Å². The van der Waals surface area contributed by atoms with E-state index < -0.39 is 4.92 Å². The Labute approximate surface area is 151 Å². The summed E-state index contributed by atoms with van der Waals surface area (Å²) in [4.78, 5) is 15.6. The highest BCUT2D eigenvalue weighted by Crippen LogP contribution is 2.30. The van der Waals surface area contributed by atoms with Crippen LogP contribution in [0.4, 0.5) is 11.4 Å². The molecule has 0 unspecified atom stereocenters. The molecule has 8 heteroatoms. The highest BCUT2D eigenvalue weighted by molar-refractivity contribution is 7.07. The lowest BCUT2D eigenvalue weighted by Gasteiger charge is -2.05. The van der Waals surface area contributed by atoms with Gasteiger partial charge in [0.2, 0.25) is 0 Å². The number of nitro benzene ring substituents is 1. The molecule has 0 bridgehead atoms. The minimum Gasteiger partial charge on any atom is -0.319 e. The summed E-state index contributed by atoms with van der Waals surface area (Å²) < 4.78 is 1.89. The van der Waals surface area contributed by atoms with Crippen LogP contribution in [0, 0.1) is 10.1 Å². The van der Waals surface area contributed by atoms with Gasteiger partial charge in [-0.2, -0.15) is 0 Å². The third-order valence-corrected chi connectivity index (χ3v) is 4.86. The van der Waals surface area contributed by atoms with Crippen LogP contribution < -0.4 is 4.80 Å². The van der Waals surface area contributed by atoms with E-state index in [1.54, 1.807) is 24.3 Å². The lowest BCUT2D eigenvalue weighted by atomic mass is 10.2. The fourth-order valence-corrected chi connectivity index (χ4v) is 3.62. The zero-order valence-corrected chi connectivity index (χ0v) is 14.8. The fourth-order valence-electron chi connectivity index (χ4n) is 2.20. The molecule has 24 heavy (non-hydrogen) atoms. The molecule has 0 amide bonds. The predicted octanol–water partition coefficient (Wildman–Crippen LogP) is 5.20. The van der Waals surface area contributed by atoms with Gasteiger partial charge in [-0.05, 0) is 24.3 Å². The van der Waals surface area contributed by atoms with Gasteiger partial charge >= 0.3 is 0 Å². The smallest absolute Gasteiger partial charge is 0.271 e. The number of non-ortho nitro benzene ring substituents is 1. The summed E-state index contributed by atoms with van der Waals surface area (Å²) in [6.45, 7) is 0. The maximum absolute atomic E-state index is 10.9. The van der Waals surface area contributed by atoms with Gasteiger partial charge in [0.1, 0.15) is 0 Å². The molecule has 1 aromatic heterocycles. The van der Waals surface area contributed by atoms with Crippen molar-refractivity contribution in [3.63, 3.8) is 0 Å². The van der Waals surface area contributed by atoms with Gasteiger partial charge in [-0.25, -0.2) is 4.99 Å². The Hall–Kier alpha value is -2.15. The van der Waals surface area contributed by atoms with Gasteiger partial charge in [0, 0.05) is 35.1 Å². The number of halogens is 2. The van der Waals surface area contributed by atoms with Crippen LogP contribution in [-0.2, 0) is 7.05 Å². The summed E-state index contributed by atoms with van der Waals surface area (Å²) in [5, 5.41) is 13.9. The van der Waals surface area contributed by atoms with E-state index >= 15 is 0 Å². The van der Waals surface area contributed by atoms with Crippen molar-refractivity contribution >= 4 is 45.9 Å². The molecule has 3 aromatic rings. The maximum Gasteiger partial charge on any atom is 0.271 e. The molecule has 2 aromatic carbocycles. The van der Waals surface area contributed by atoms with Gasteiger partial charge in [-0.3, -0.25) is 10.1 Å². The van der Waals surface area contributed by atoms with Crippen molar-refractivity contribution in [3.8, 4) is 11.3 Å². The number of benzene rings is 2. The van der Waals surface area contributed by atoms with Crippen LogP contribution in [0.3, 0.4) is 0 Å². The van der Waals surface area contributed by atoms with Crippen LogP contribution in [-0.4, -0.2) is 9.49 Å². The normalized spacial score (nSPS) is 11.7. The molecule has 0 aliphatic carbocycles. The third-order valence-electron chi connectivity index (χ3n) is 3.40. The maximum atomic E-state index is 10.9. The fraction of sp³-hybridized carbons (Fsp3) is 0.0625. The number of nitro groups is 1. The van der Waals surface area contributed by atoms with Gasteiger partial charge in [0.25, 0.3) is 5.69 Å². The van der Waals surface area contributed by atoms with E-state index in [0.29, 0.717) is 20.5 Å². The summed E-state index contributed by atoms with van der Waals surface area (Å²) in [6.07, 6.45) is 0. The first-order valence-electron chi connectivity index (χ1n) is 6.85. The van der Waals surface area contributed by atoms with E-state index in [9.17, 15) is 10.1 Å². The van der Waals surface area contributed by atoms with E-state index in [1.807, 2.05) is 23.1 Å². The molecule has 5 nitrogen and oxygen atoms in total. The number of nitrogens with zero attached hydrogens (tertiary/aromatic N) is 3. The summed E-state index contributed by atoms with van der Waals surface area (Å²) in [6, 6.07) is 11.5. The Morgan fingerprint density at radius 3 is 2.71 bits per heavy atom. The lowest BCUT2D eigenvalue weighted by molar-refractivity contribution is -0.384. The van der Waals surface area contributed by atoms with Crippen LogP contribution in [0.1, 0.15) is 0 Å². The number of thiazole rings is 1. The van der Waals surface area contributed by atoms with Crippen molar-refractivity contribution in [2.45, 2.75) is 0 Å². The first kappa shape index (κ1) is 16.7. The summed E-state index contributed by atoms with van der Waals surface area (Å²) in [5.74, 6) is 0. The van der Waals surface area contributed by atoms with E-state index in [2.05, 4.69) is 4.99 Å². The Balaban J connectivity index is 2.07. The van der Waals surface area contributed by atoms with Gasteiger partial charge in [-0.1, -0.05) is 29.3 Å². The minimum absolute atomic E-state index is 0.0106. The van der Waals surface area contributed by atoms with Crippen LogP contribution in [0.2, 0.25) is 10.0 Å². The highest BCUT2D eigenvalue weighted by Gasteiger charge is 2.10. The van der Waals surface area contributed by atoms with Gasteiger partial charge in [-0.15, -0.1) is 11.3 Å². The second-order valence-corrected chi connectivity index (χ2v) is 6.66. The summed E-state index contributed by atoms with van der Waals surface area (Å²) >= 11 is 13.6. The lowest BCUT2D eigenvalue weighted by Crippen LogP contribution is -2.10. The van der Waals surface area contributed by atoms with Crippen LogP contribution >= 0.6 is 34.5 Å². The van der Waals surface area contributed by atoms with E-state index in [0.717, 1.165) is 11.3 Å². The van der Waals surface area contributed by atoms with Crippen LogP contribution in [0.25, 0.3) is 11.3 Å². The first-order valence-corrected chi connectivity index (χ1v) is 8.48. The molecular formula is C16H11Cl2N3O2S. The second kappa shape index (κ2) is 6.76. The Morgan fingerprint density at radius 1 is 1.21 bits per heavy atom. The minimum atomic E-state index is -0.438. The molecule has 0 atom stereocenters. The number of hydrogen-bond acceptors (Lipinski definition) is 4. The predicted molar refractivity (Wildman–Crippen MR) is 97.1 cm³/mol. The molecule has 0 spiro atoms. The van der Waals surface area contributed by atoms with Crippen molar-refractivity contribution in [2.75, 3.05) is 0 Å². The van der Waals surface area contributed by atoms with Gasteiger partial charge in [0.15, 0.2) is 4.80 Å². The molecule has 0 fully saturated rings.